The Balaban J connectivity index is 2.11. The number of rotatable bonds is 2. The Morgan fingerprint density at radius 1 is 1.58 bits per heavy atom. The topological polar surface area (TPSA) is 69.8 Å². The molecule has 1 aromatic rings. The lowest BCUT2D eigenvalue weighted by Gasteiger charge is -2.27. The Morgan fingerprint density at radius 3 is 3.00 bits per heavy atom. The van der Waals surface area contributed by atoms with Gasteiger partial charge in [-0.3, -0.25) is 4.79 Å². The fourth-order valence-electron chi connectivity index (χ4n) is 1.04. The molecule has 0 unspecified atom stereocenters. The first kappa shape index (κ1) is 7.30. The summed E-state index contributed by atoms with van der Waals surface area (Å²) < 4.78 is 0. The predicted octanol–water partition coefficient (Wildman–Crippen LogP) is -0.846. The van der Waals surface area contributed by atoms with Gasteiger partial charge in [-0.05, 0) is 0 Å². The fraction of sp³-hybridized carbons (Fsp3) is 0.429. The second kappa shape index (κ2) is 2.94. The van der Waals surface area contributed by atoms with Crippen molar-refractivity contribution in [3.8, 4) is 0 Å². The molecule has 0 saturated carbocycles. The van der Waals surface area contributed by atoms with Crippen molar-refractivity contribution < 1.29 is 0 Å². The molecule has 3 N–H and O–H groups in total. The van der Waals surface area contributed by atoms with Crippen molar-refractivity contribution in [2.45, 2.75) is 6.04 Å². The van der Waals surface area contributed by atoms with Crippen molar-refractivity contribution in [1.29, 1.82) is 0 Å². The van der Waals surface area contributed by atoms with E-state index in [4.69, 9.17) is 0 Å². The van der Waals surface area contributed by atoms with Gasteiger partial charge in [0.1, 0.15) is 0 Å². The van der Waals surface area contributed by atoms with Gasteiger partial charge in [0.15, 0.2) is 5.82 Å². The molecule has 0 atom stereocenters. The van der Waals surface area contributed by atoms with Crippen LogP contribution in [-0.4, -0.2) is 29.1 Å². The van der Waals surface area contributed by atoms with Crippen LogP contribution in [0.25, 0.3) is 0 Å². The minimum Gasteiger partial charge on any atom is -0.360 e. The van der Waals surface area contributed by atoms with E-state index >= 15 is 0 Å². The summed E-state index contributed by atoms with van der Waals surface area (Å²) in [4.78, 5) is 17.6. The van der Waals surface area contributed by atoms with Crippen LogP contribution in [0.15, 0.2) is 17.2 Å². The summed E-state index contributed by atoms with van der Waals surface area (Å²) in [5.41, 5.74) is -0.163. The molecule has 1 aliphatic heterocycles. The van der Waals surface area contributed by atoms with E-state index in [1.165, 1.54) is 6.20 Å². The molecule has 2 heterocycles. The average molecular weight is 166 g/mol. The van der Waals surface area contributed by atoms with Gasteiger partial charge in [-0.25, -0.2) is 4.98 Å². The summed E-state index contributed by atoms with van der Waals surface area (Å²) in [5.74, 6) is 0.406. The molecule has 5 nitrogen and oxygen atoms in total. The van der Waals surface area contributed by atoms with Crippen molar-refractivity contribution in [2.75, 3.05) is 18.4 Å². The van der Waals surface area contributed by atoms with E-state index in [2.05, 4.69) is 20.6 Å². The number of aromatic nitrogens is 2. The monoisotopic (exact) mass is 166 g/mol. The Hall–Kier alpha value is -1.36. The highest BCUT2D eigenvalue weighted by Gasteiger charge is 2.17. The SMILES string of the molecule is O=c1[nH]ccnc1NC1CNC1. The molecule has 2 rings (SSSR count). The summed E-state index contributed by atoms with van der Waals surface area (Å²) in [6.45, 7) is 1.80. The van der Waals surface area contributed by atoms with E-state index in [-0.39, 0.29) is 5.56 Å². The molecule has 0 aromatic carbocycles. The van der Waals surface area contributed by atoms with Crippen molar-refractivity contribution in [3.05, 3.63) is 22.7 Å². The molecule has 1 aromatic heterocycles. The molecule has 1 aliphatic rings. The standard InChI is InChI=1S/C7H10N4O/c12-7-6(9-1-2-10-7)11-5-3-8-4-5/h1-2,5,8H,3-4H2,(H,9,11)(H,10,12). The highest BCUT2D eigenvalue weighted by Crippen LogP contribution is 1.98. The van der Waals surface area contributed by atoms with Crippen LogP contribution in [0.2, 0.25) is 0 Å². The smallest absolute Gasteiger partial charge is 0.290 e. The Bertz CT molecular complexity index is 317. The van der Waals surface area contributed by atoms with E-state index in [1.54, 1.807) is 6.20 Å². The van der Waals surface area contributed by atoms with Gasteiger partial charge >= 0.3 is 0 Å². The van der Waals surface area contributed by atoms with Crippen LogP contribution in [0, 0.1) is 0 Å². The molecule has 64 valence electrons. The highest BCUT2D eigenvalue weighted by molar-refractivity contribution is 5.32. The molecule has 0 bridgehead atoms. The van der Waals surface area contributed by atoms with Gasteiger partial charge in [-0.2, -0.15) is 0 Å². The summed E-state index contributed by atoms with van der Waals surface area (Å²) in [7, 11) is 0. The van der Waals surface area contributed by atoms with Gasteiger partial charge in [0, 0.05) is 25.5 Å². The maximum Gasteiger partial charge on any atom is 0.290 e. The molecular formula is C7H10N4O. The second-order valence-electron chi connectivity index (χ2n) is 2.77. The third kappa shape index (κ3) is 1.31. The highest BCUT2D eigenvalue weighted by atomic mass is 16.1. The number of H-pyrrole nitrogens is 1. The zero-order valence-corrected chi connectivity index (χ0v) is 6.50. The van der Waals surface area contributed by atoms with E-state index < -0.39 is 0 Å². The number of hydrogen-bond acceptors (Lipinski definition) is 4. The summed E-state index contributed by atoms with van der Waals surface area (Å²) in [5, 5.41) is 6.13. The number of hydrogen-bond donors (Lipinski definition) is 3. The molecule has 0 amide bonds. The largest absolute Gasteiger partial charge is 0.360 e. The minimum atomic E-state index is -0.163. The maximum absolute atomic E-state index is 11.1. The van der Waals surface area contributed by atoms with Crippen LogP contribution in [0.5, 0.6) is 0 Å². The van der Waals surface area contributed by atoms with Crippen LogP contribution >= 0.6 is 0 Å². The summed E-state index contributed by atoms with van der Waals surface area (Å²) >= 11 is 0. The molecule has 0 spiro atoms. The predicted molar refractivity (Wildman–Crippen MR) is 45.1 cm³/mol. The molecular weight excluding hydrogens is 156 g/mol. The first-order valence-corrected chi connectivity index (χ1v) is 3.87. The van der Waals surface area contributed by atoms with Gasteiger partial charge in [0.25, 0.3) is 5.56 Å². The molecule has 12 heavy (non-hydrogen) atoms. The van der Waals surface area contributed by atoms with Gasteiger partial charge < -0.3 is 15.6 Å². The van der Waals surface area contributed by atoms with Crippen molar-refractivity contribution >= 4 is 5.82 Å². The van der Waals surface area contributed by atoms with Gasteiger partial charge in [-0.15, -0.1) is 0 Å². The van der Waals surface area contributed by atoms with Crippen LogP contribution < -0.4 is 16.2 Å². The zero-order chi connectivity index (χ0) is 8.39. The quantitative estimate of drug-likeness (QED) is 0.535. The van der Waals surface area contributed by atoms with E-state index in [9.17, 15) is 4.79 Å². The van der Waals surface area contributed by atoms with Crippen molar-refractivity contribution in [3.63, 3.8) is 0 Å². The Morgan fingerprint density at radius 2 is 2.42 bits per heavy atom. The van der Waals surface area contributed by atoms with E-state index in [1.807, 2.05) is 0 Å². The lowest BCUT2D eigenvalue weighted by atomic mass is 10.2. The number of nitrogens with one attached hydrogen (secondary N) is 3. The molecule has 0 radical (unpaired) electrons. The third-order valence-electron chi connectivity index (χ3n) is 1.83. The third-order valence-corrected chi connectivity index (χ3v) is 1.83. The van der Waals surface area contributed by atoms with Gasteiger partial charge in [0.2, 0.25) is 0 Å². The molecule has 1 fully saturated rings. The number of aromatic amines is 1. The summed E-state index contributed by atoms with van der Waals surface area (Å²) in [6.07, 6.45) is 3.09. The van der Waals surface area contributed by atoms with Crippen LogP contribution in [0.4, 0.5) is 5.82 Å². The Kier molecular flexibility index (Phi) is 1.79. The normalized spacial score (nSPS) is 17.0. The van der Waals surface area contributed by atoms with Crippen LogP contribution in [-0.2, 0) is 0 Å². The molecule has 1 saturated heterocycles. The fourth-order valence-corrected chi connectivity index (χ4v) is 1.04. The molecule has 5 heteroatoms. The van der Waals surface area contributed by atoms with Gasteiger partial charge in [0.05, 0.1) is 6.04 Å². The number of nitrogens with zero attached hydrogens (tertiary/aromatic N) is 1. The zero-order valence-electron chi connectivity index (χ0n) is 6.50. The van der Waals surface area contributed by atoms with Gasteiger partial charge in [-0.1, -0.05) is 0 Å². The minimum absolute atomic E-state index is 0.163. The van der Waals surface area contributed by atoms with Crippen LogP contribution in [0.3, 0.4) is 0 Å². The maximum atomic E-state index is 11.1. The first-order chi connectivity index (χ1) is 5.86. The van der Waals surface area contributed by atoms with Crippen LogP contribution in [0.1, 0.15) is 0 Å². The first-order valence-electron chi connectivity index (χ1n) is 3.87. The summed E-state index contributed by atoms with van der Waals surface area (Å²) in [6, 6.07) is 0.348. The lowest BCUT2D eigenvalue weighted by Crippen LogP contribution is -2.52. The average Bonchev–Trinajstić information content (AvgIpc) is 2.00. The van der Waals surface area contributed by atoms with E-state index in [0.29, 0.717) is 11.9 Å². The Labute approximate surface area is 69.2 Å². The number of anilines is 1. The molecule has 0 aliphatic carbocycles. The lowest BCUT2D eigenvalue weighted by molar-refractivity contribution is 0.470. The second-order valence-corrected chi connectivity index (χ2v) is 2.77. The van der Waals surface area contributed by atoms with Crippen molar-refractivity contribution in [1.82, 2.24) is 15.3 Å². The van der Waals surface area contributed by atoms with Crippen molar-refractivity contribution in [2.24, 2.45) is 0 Å². The van der Waals surface area contributed by atoms with E-state index in [0.717, 1.165) is 13.1 Å².